The molecule has 0 bridgehead atoms. The number of sulfonamides is 1. The first-order chi connectivity index (χ1) is 11.3. The Morgan fingerprint density at radius 1 is 1.25 bits per heavy atom. The summed E-state index contributed by atoms with van der Waals surface area (Å²) >= 11 is 0. The highest BCUT2D eigenvalue weighted by Crippen LogP contribution is 2.27. The fourth-order valence-corrected chi connectivity index (χ4v) is 5.25. The summed E-state index contributed by atoms with van der Waals surface area (Å²) in [4.78, 5) is 0.410. The lowest BCUT2D eigenvalue weighted by molar-refractivity contribution is 0.268. The predicted octanol–water partition coefficient (Wildman–Crippen LogP) is 2.17. The summed E-state index contributed by atoms with van der Waals surface area (Å²) in [6, 6.07) is 0. The number of piperidine rings is 1. The first-order valence-corrected chi connectivity index (χ1v) is 10.5. The number of aryl methyl sites for hydroxylation is 1. The molecule has 0 radical (unpaired) electrons. The van der Waals surface area contributed by atoms with Crippen molar-refractivity contribution in [2.75, 3.05) is 26.2 Å². The summed E-state index contributed by atoms with van der Waals surface area (Å²) in [5.41, 5.74) is 1.37. The van der Waals surface area contributed by atoms with Crippen molar-refractivity contribution in [3.05, 3.63) is 11.4 Å². The van der Waals surface area contributed by atoms with Gasteiger partial charge in [0.1, 0.15) is 4.90 Å². The molecule has 0 amide bonds. The van der Waals surface area contributed by atoms with E-state index in [1.165, 1.54) is 0 Å². The molecule has 0 saturated carbocycles. The van der Waals surface area contributed by atoms with Gasteiger partial charge in [-0.05, 0) is 51.6 Å². The van der Waals surface area contributed by atoms with E-state index in [0.717, 1.165) is 38.2 Å². The van der Waals surface area contributed by atoms with Gasteiger partial charge in [0.05, 0.1) is 11.4 Å². The molecule has 0 aliphatic carbocycles. The molecule has 0 spiro atoms. The Morgan fingerprint density at radius 3 is 2.42 bits per heavy atom. The van der Waals surface area contributed by atoms with Crippen LogP contribution in [0.5, 0.6) is 0 Å². The highest BCUT2D eigenvalue weighted by molar-refractivity contribution is 7.89. The number of nitrogens with one attached hydrogen (secondary N) is 1. The lowest BCUT2D eigenvalue weighted by Crippen LogP contribution is -2.41. The van der Waals surface area contributed by atoms with Gasteiger partial charge in [0.2, 0.25) is 10.0 Å². The molecule has 2 heterocycles. The molecule has 1 saturated heterocycles. The van der Waals surface area contributed by atoms with Crippen LogP contribution in [0.4, 0.5) is 0 Å². The summed E-state index contributed by atoms with van der Waals surface area (Å²) < 4.78 is 29.7. The van der Waals surface area contributed by atoms with Crippen molar-refractivity contribution < 1.29 is 8.42 Å². The Hall–Kier alpha value is -0.920. The maximum Gasteiger partial charge on any atom is 0.246 e. The predicted molar refractivity (Wildman–Crippen MR) is 96.6 cm³/mol. The van der Waals surface area contributed by atoms with Gasteiger partial charge in [0, 0.05) is 19.6 Å². The molecule has 7 heteroatoms. The second-order valence-electron chi connectivity index (χ2n) is 7.23. The van der Waals surface area contributed by atoms with E-state index in [1.54, 1.807) is 11.2 Å². The van der Waals surface area contributed by atoms with E-state index in [2.05, 4.69) is 31.2 Å². The average Bonchev–Trinajstić information content (AvgIpc) is 2.79. The largest absolute Gasteiger partial charge is 0.317 e. The third-order valence-electron chi connectivity index (χ3n) is 4.71. The van der Waals surface area contributed by atoms with Gasteiger partial charge in [-0.25, -0.2) is 8.42 Å². The summed E-state index contributed by atoms with van der Waals surface area (Å²) in [7, 11) is -3.45. The minimum Gasteiger partial charge on any atom is -0.317 e. The van der Waals surface area contributed by atoms with Gasteiger partial charge in [-0.2, -0.15) is 9.40 Å². The first-order valence-electron chi connectivity index (χ1n) is 9.02. The maximum absolute atomic E-state index is 13.1. The number of aromatic nitrogens is 2. The maximum atomic E-state index is 13.1. The lowest BCUT2D eigenvalue weighted by Gasteiger charge is -2.31. The molecule has 0 unspecified atom stereocenters. The van der Waals surface area contributed by atoms with Crippen LogP contribution in [-0.2, 0) is 16.6 Å². The van der Waals surface area contributed by atoms with E-state index < -0.39 is 10.0 Å². The molecule has 1 fully saturated rings. The van der Waals surface area contributed by atoms with Gasteiger partial charge in [-0.3, -0.25) is 4.68 Å². The standard InChI is InChI=1S/C17H32N4O2S/c1-6-18-11-16-7-9-20(10-8-16)24(22,23)17-14(4)19-21(15(17)5)12-13(2)3/h13,16,18H,6-12H2,1-5H3. The zero-order chi connectivity index (χ0) is 17.9. The molecule has 6 nitrogen and oxygen atoms in total. The Bertz CT molecular complexity index is 644. The topological polar surface area (TPSA) is 67.2 Å². The van der Waals surface area contributed by atoms with E-state index in [-0.39, 0.29) is 0 Å². The fourth-order valence-electron chi connectivity index (χ4n) is 3.41. The number of hydrogen-bond donors (Lipinski definition) is 1. The van der Waals surface area contributed by atoms with Crippen molar-refractivity contribution in [3.63, 3.8) is 0 Å². The number of nitrogens with zero attached hydrogens (tertiary/aromatic N) is 3. The molecular weight excluding hydrogens is 324 g/mol. The SMILES string of the molecule is CCNCC1CCN(S(=O)(=O)c2c(C)nn(CC(C)C)c2C)CC1. The molecule has 0 atom stereocenters. The second kappa shape index (κ2) is 7.97. The molecule has 1 aliphatic heterocycles. The summed E-state index contributed by atoms with van der Waals surface area (Å²) in [6.45, 7) is 13.9. The van der Waals surface area contributed by atoms with Crippen molar-refractivity contribution >= 4 is 10.0 Å². The van der Waals surface area contributed by atoms with Crippen LogP contribution in [-0.4, -0.2) is 48.7 Å². The zero-order valence-electron chi connectivity index (χ0n) is 15.7. The third-order valence-corrected chi connectivity index (χ3v) is 6.86. The Morgan fingerprint density at radius 2 is 1.88 bits per heavy atom. The Balaban J connectivity index is 2.15. The van der Waals surface area contributed by atoms with Crippen LogP contribution in [0.15, 0.2) is 4.90 Å². The van der Waals surface area contributed by atoms with Gasteiger partial charge < -0.3 is 5.32 Å². The first kappa shape index (κ1) is 19.4. The summed E-state index contributed by atoms with van der Waals surface area (Å²) in [5.74, 6) is 1.00. The van der Waals surface area contributed by atoms with Crippen LogP contribution < -0.4 is 5.32 Å². The highest BCUT2D eigenvalue weighted by Gasteiger charge is 2.33. The smallest absolute Gasteiger partial charge is 0.246 e. The lowest BCUT2D eigenvalue weighted by atomic mass is 9.98. The number of hydrogen-bond acceptors (Lipinski definition) is 4. The number of rotatable bonds is 7. The monoisotopic (exact) mass is 356 g/mol. The van der Waals surface area contributed by atoms with Gasteiger partial charge in [0.25, 0.3) is 0 Å². The van der Waals surface area contributed by atoms with E-state index in [9.17, 15) is 8.42 Å². The normalized spacial score (nSPS) is 17.8. The molecule has 1 aromatic heterocycles. The minimum absolute atomic E-state index is 0.410. The summed E-state index contributed by atoms with van der Waals surface area (Å²) in [5, 5.41) is 7.83. The Labute approximate surface area is 146 Å². The molecule has 1 N–H and O–H groups in total. The van der Waals surface area contributed by atoms with Crippen LogP contribution >= 0.6 is 0 Å². The van der Waals surface area contributed by atoms with E-state index >= 15 is 0 Å². The second-order valence-corrected chi connectivity index (χ2v) is 9.11. The van der Waals surface area contributed by atoms with Crippen molar-refractivity contribution in [3.8, 4) is 0 Å². The third kappa shape index (κ3) is 4.18. The Kier molecular flexibility index (Phi) is 6.45. The van der Waals surface area contributed by atoms with Crippen molar-refractivity contribution in [2.24, 2.45) is 11.8 Å². The summed E-state index contributed by atoms with van der Waals surface area (Å²) in [6.07, 6.45) is 1.84. The molecule has 1 aliphatic rings. The molecule has 1 aromatic rings. The molecule has 0 aromatic carbocycles. The highest BCUT2D eigenvalue weighted by atomic mass is 32.2. The molecule has 138 valence electrons. The van der Waals surface area contributed by atoms with Crippen molar-refractivity contribution in [1.29, 1.82) is 0 Å². The van der Waals surface area contributed by atoms with Crippen LogP contribution in [0.2, 0.25) is 0 Å². The molecule has 24 heavy (non-hydrogen) atoms. The average molecular weight is 357 g/mol. The minimum atomic E-state index is -3.45. The van der Waals surface area contributed by atoms with E-state index in [0.29, 0.717) is 35.5 Å². The van der Waals surface area contributed by atoms with Crippen LogP contribution in [0, 0.1) is 25.7 Å². The quantitative estimate of drug-likeness (QED) is 0.813. The fraction of sp³-hybridized carbons (Fsp3) is 0.824. The van der Waals surface area contributed by atoms with Crippen molar-refractivity contribution in [1.82, 2.24) is 19.4 Å². The van der Waals surface area contributed by atoms with Gasteiger partial charge in [-0.1, -0.05) is 20.8 Å². The van der Waals surface area contributed by atoms with E-state index in [1.807, 2.05) is 11.6 Å². The van der Waals surface area contributed by atoms with Gasteiger partial charge >= 0.3 is 0 Å². The van der Waals surface area contributed by atoms with Crippen LogP contribution in [0.1, 0.15) is 45.0 Å². The van der Waals surface area contributed by atoms with Gasteiger partial charge in [0.15, 0.2) is 0 Å². The zero-order valence-corrected chi connectivity index (χ0v) is 16.5. The van der Waals surface area contributed by atoms with Crippen molar-refractivity contribution in [2.45, 2.75) is 58.9 Å². The van der Waals surface area contributed by atoms with E-state index in [4.69, 9.17) is 0 Å². The van der Waals surface area contributed by atoms with Crippen LogP contribution in [0.25, 0.3) is 0 Å². The van der Waals surface area contributed by atoms with Gasteiger partial charge in [-0.15, -0.1) is 0 Å². The molecule has 2 rings (SSSR count). The van der Waals surface area contributed by atoms with Crippen LogP contribution in [0.3, 0.4) is 0 Å². The molecular formula is C17H32N4O2S.